The molecular weight excluding hydrogens is 171 g/mol. The van der Waals surface area contributed by atoms with E-state index >= 15 is 0 Å². The predicted molar refractivity (Wildman–Crippen MR) is 26.0 cm³/mol. The SMILES string of the molecule is O=C(C=C(F)F)CC(F)(F)F. The molecule has 0 aromatic heterocycles. The monoisotopic (exact) mass is 174 g/mol. The van der Waals surface area contributed by atoms with Crippen LogP contribution in [0, 0.1) is 0 Å². The smallest absolute Gasteiger partial charge is 0.294 e. The van der Waals surface area contributed by atoms with Crippen molar-refractivity contribution in [3.8, 4) is 0 Å². The molecule has 0 aromatic rings. The summed E-state index contributed by atoms with van der Waals surface area (Å²) in [6.07, 6.45) is -9.32. The van der Waals surface area contributed by atoms with Crippen LogP contribution in [0.3, 0.4) is 0 Å². The highest BCUT2D eigenvalue weighted by Crippen LogP contribution is 2.20. The summed E-state index contributed by atoms with van der Waals surface area (Å²) in [5, 5.41) is 0. The van der Waals surface area contributed by atoms with Gasteiger partial charge in [0.2, 0.25) is 0 Å². The average Bonchev–Trinajstić information content (AvgIpc) is 1.53. The van der Waals surface area contributed by atoms with Gasteiger partial charge in [-0.3, -0.25) is 4.79 Å². The quantitative estimate of drug-likeness (QED) is 0.463. The van der Waals surface area contributed by atoms with E-state index in [0.717, 1.165) is 0 Å². The van der Waals surface area contributed by atoms with Crippen molar-refractivity contribution in [2.75, 3.05) is 0 Å². The van der Waals surface area contributed by atoms with Crippen LogP contribution in [0.5, 0.6) is 0 Å². The Labute approximate surface area is 58.5 Å². The number of allylic oxidation sites excluding steroid dienone is 1. The van der Waals surface area contributed by atoms with Crippen molar-refractivity contribution < 1.29 is 26.7 Å². The van der Waals surface area contributed by atoms with Gasteiger partial charge < -0.3 is 0 Å². The molecule has 0 aliphatic carbocycles. The third-order valence-corrected chi connectivity index (χ3v) is 0.645. The van der Waals surface area contributed by atoms with Gasteiger partial charge in [-0.25, -0.2) is 0 Å². The van der Waals surface area contributed by atoms with Crippen LogP contribution >= 0.6 is 0 Å². The molecule has 0 rings (SSSR count). The fourth-order valence-electron chi connectivity index (χ4n) is 0.370. The lowest BCUT2D eigenvalue weighted by atomic mass is 10.3. The highest BCUT2D eigenvalue weighted by atomic mass is 19.4. The zero-order chi connectivity index (χ0) is 9.07. The fraction of sp³-hybridized carbons (Fsp3) is 0.400. The van der Waals surface area contributed by atoms with E-state index < -0.39 is 24.5 Å². The summed E-state index contributed by atoms with van der Waals surface area (Å²) < 4.78 is 56.1. The van der Waals surface area contributed by atoms with Crippen LogP contribution in [-0.4, -0.2) is 12.0 Å². The van der Waals surface area contributed by atoms with Gasteiger partial charge in [-0.2, -0.15) is 22.0 Å². The van der Waals surface area contributed by atoms with E-state index in [1.165, 1.54) is 0 Å². The molecule has 0 atom stereocenters. The third kappa shape index (κ3) is 6.95. The summed E-state index contributed by atoms with van der Waals surface area (Å²) in [5.41, 5.74) is 0. The van der Waals surface area contributed by atoms with Crippen molar-refractivity contribution in [2.45, 2.75) is 12.6 Å². The first-order chi connectivity index (χ1) is 4.81. The molecule has 64 valence electrons. The number of hydrogen-bond acceptors (Lipinski definition) is 1. The van der Waals surface area contributed by atoms with Crippen LogP contribution in [0.15, 0.2) is 12.2 Å². The van der Waals surface area contributed by atoms with Crippen LogP contribution < -0.4 is 0 Å². The maximum atomic E-state index is 11.3. The number of hydrogen-bond donors (Lipinski definition) is 0. The molecule has 0 bridgehead atoms. The second kappa shape index (κ2) is 3.45. The molecule has 0 heterocycles. The molecule has 0 amide bonds. The minimum Gasteiger partial charge on any atom is -0.294 e. The standard InChI is InChI=1S/C5H3F5O/c6-4(7)1-3(11)2-5(8,9)10/h1H,2H2. The van der Waals surface area contributed by atoms with Crippen molar-refractivity contribution in [2.24, 2.45) is 0 Å². The Morgan fingerprint density at radius 3 is 2.00 bits per heavy atom. The van der Waals surface area contributed by atoms with Gasteiger partial charge in [0.15, 0.2) is 5.78 Å². The van der Waals surface area contributed by atoms with Gasteiger partial charge in [0.05, 0.1) is 0 Å². The molecule has 0 aliphatic heterocycles. The summed E-state index contributed by atoms with van der Waals surface area (Å²) in [6, 6.07) is 0. The first kappa shape index (κ1) is 10.1. The van der Waals surface area contributed by atoms with Crippen LogP contribution in [0.1, 0.15) is 6.42 Å². The first-order valence-electron chi connectivity index (χ1n) is 2.43. The van der Waals surface area contributed by atoms with Gasteiger partial charge in [0, 0.05) is 6.08 Å². The number of carbonyl (C=O) groups excluding carboxylic acids is 1. The Bertz CT molecular complexity index is 176. The molecule has 0 fully saturated rings. The minimum absolute atomic E-state index is 0.340. The van der Waals surface area contributed by atoms with Crippen molar-refractivity contribution in [3.63, 3.8) is 0 Å². The van der Waals surface area contributed by atoms with Crippen LogP contribution in [0.2, 0.25) is 0 Å². The summed E-state index contributed by atoms with van der Waals surface area (Å²) in [4.78, 5) is 9.99. The van der Waals surface area contributed by atoms with Crippen molar-refractivity contribution in [3.05, 3.63) is 12.2 Å². The second-order valence-corrected chi connectivity index (χ2v) is 1.69. The molecule has 0 spiro atoms. The number of ketones is 1. The number of rotatable bonds is 2. The topological polar surface area (TPSA) is 17.1 Å². The Kier molecular flexibility index (Phi) is 3.16. The lowest BCUT2D eigenvalue weighted by molar-refractivity contribution is -0.149. The molecular formula is C5H3F5O. The van der Waals surface area contributed by atoms with Gasteiger partial charge in [0.25, 0.3) is 6.08 Å². The van der Waals surface area contributed by atoms with Crippen molar-refractivity contribution in [1.29, 1.82) is 0 Å². The summed E-state index contributed by atoms with van der Waals surface area (Å²) >= 11 is 0. The Morgan fingerprint density at radius 2 is 1.73 bits per heavy atom. The maximum Gasteiger partial charge on any atom is 0.396 e. The third-order valence-electron chi connectivity index (χ3n) is 0.645. The molecule has 0 radical (unpaired) electrons. The normalized spacial score (nSPS) is 11.0. The Hall–Kier alpha value is -0.940. The van der Waals surface area contributed by atoms with E-state index in [-0.39, 0.29) is 6.08 Å². The van der Waals surface area contributed by atoms with Gasteiger partial charge in [-0.05, 0) is 0 Å². The van der Waals surface area contributed by atoms with Gasteiger partial charge in [0.1, 0.15) is 6.42 Å². The first-order valence-corrected chi connectivity index (χ1v) is 2.43. The number of alkyl halides is 3. The summed E-state index contributed by atoms with van der Waals surface area (Å²) in [5.74, 6) is -1.64. The van der Waals surface area contributed by atoms with Gasteiger partial charge in [-0.15, -0.1) is 0 Å². The zero-order valence-corrected chi connectivity index (χ0v) is 5.08. The molecule has 0 unspecified atom stereocenters. The largest absolute Gasteiger partial charge is 0.396 e. The highest BCUT2D eigenvalue weighted by Gasteiger charge is 2.30. The molecule has 0 N–H and O–H groups in total. The van der Waals surface area contributed by atoms with Gasteiger partial charge >= 0.3 is 6.18 Å². The number of carbonyl (C=O) groups is 1. The Morgan fingerprint density at radius 1 is 1.27 bits per heavy atom. The van der Waals surface area contributed by atoms with E-state index in [1.54, 1.807) is 0 Å². The van der Waals surface area contributed by atoms with Crippen LogP contribution in [-0.2, 0) is 4.79 Å². The summed E-state index contributed by atoms with van der Waals surface area (Å²) in [7, 11) is 0. The second-order valence-electron chi connectivity index (χ2n) is 1.69. The average molecular weight is 174 g/mol. The van der Waals surface area contributed by atoms with Crippen LogP contribution in [0.4, 0.5) is 22.0 Å². The highest BCUT2D eigenvalue weighted by molar-refractivity contribution is 5.90. The molecule has 0 aliphatic rings. The number of halogens is 5. The fourth-order valence-corrected chi connectivity index (χ4v) is 0.370. The molecule has 0 saturated heterocycles. The molecule has 1 nitrogen and oxygen atoms in total. The summed E-state index contributed by atoms with van der Waals surface area (Å²) in [6.45, 7) is 0. The predicted octanol–water partition coefficient (Wildman–Crippen LogP) is 2.29. The molecule has 11 heavy (non-hydrogen) atoms. The Balaban J connectivity index is 4.00. The van der Waals surface area contributed by atoms with Crippen LogP contribution in [0.25, 0.3) is 0 Å². The van der Waals surface area contributed by atoms with E-state index in [9.17, 15) is 26.7 Å². The lowest BCUT2D eigenvalue weighted by Crippen LogP contribution is -2.12. The van der Waals surface area contributed by atoms with Crippen molar-refractivity contribution >= 4 is 5.78 Å². The van der Waals surface area contributed by atoms with E-state index in [1.807, 2.05) is 0 Å². The zero-order valence-electron chi connectivity index (χ0n) is 5.08. The van der Waals surface area contributed by atoms with Gasteiger partial charge in [-0.1, -0.05) is 0 Å². The van der Waals surface area contributed by atoms with E-state index in [0.29, 0.717) is 0 Å². The molecule has 0 aromatic carbocycles. The molecule has 6 heteroatoms. The van der Waals surface area contributed by atoms with Crippen molar-refractivity contribution in [1.82, 2.24) is 0 Å². The van der Waals surface area contributed by atoms with E-state index in [2.05, 4.69) is 0 Å². The minimum atomic E-state index is -4.72. The van der Waals surface area contributed by atoms with E-state index in [4.69, 9.17) is 0 Å². The lowest BCUT2D eigenvalue weighted by Gasteiger charge is -2.00. The maximum absolute atomic E-state index is 11.3. The molecule has 0 saturated carbocycles.